The van der Waals surface area contributed by atoms with Crippen molar-refractivity contribution in [2.75, 3.05) is 5.75 Å². The Balaban J connectivity index is 1.57. The Morgan fingerprint density at radius 3 is 2.75 bits per heavy atom. The molecule has 0 atom stereocenters. The third-order valence-corrected chi connectivity index (χ3v) is 5.57. The van der Waals surface area contributed by atoms with Gasteiger partial charge in [-0.3, -0.25) is 9.36 Å². The predicted molar refractivity (Wildman–Crippen MR) is 114 cm³/mol. The lowest BCUT2D eigenvalue weighted by Crippen LogP contribution is -2.05. The summed E-state index contributed by atoms with van der Waals surface area (Å²) in [5.74, 6) is 1.04. The monoisotopic (exact) mass is 408 g/mol. The number of aromatic nitrogens is 4. The van der Waals surface area contributed by atoms with E-state index in [-0.39, 0.29) is 11.5 Å². The lowest BCUT2D eigenvalue weighted by molar-refractivity contribution is 0.102. The number of nitrogens with one attached hydrogen (secondary N) is 1. The fourth-order valence-electron chi connectivity index (χ4n) is 3.01. The van der Waals surface area contributed by atoms with Crippen LogP contribution < -0.4 is 0 Å². The largest absolute Gasteiger partial charge is 0.360 e. The maximum absolute atomic E-state index is 12.7. The predicted octanol–water partition coefficient (Wildman–Crippen LogP) is 5.24. The lowest BCUT2D eigenvalue weighted by atomic mass is 10.1. The Morgan fingerprint density at radius 2 is 1.96 bits per heavy atom. The average molecular weight is 409 g/mol. The zero-order valence-electron chi connectivity index (χ0n) is 14.9. The van der Waals surface area contributed by atoms with Crippen molar-refractivity contribution >= 4 is 40.0 Å². The number of allylic oxidation sites excluding steroid dienone is 1. The van der Waals surface area contributed by atoms with E-state index in [1.807, 2.05) is 53.1 Å². The fourth-order valence-corrected chi connectivity index (χ4v) is 3.97. The average Bonchev–Trinajstić information content (AvgIpc) is 3.31. The van der Waals surface area contributed by atoms with Gasteiger partial charge in [-0.2, -0.15) is 0 Å². The van der Waals surface area contributed by atoms with E-state index in [2.05, 4.69) is 21.8 Å². The number of rotatable bonds is 7. The van der Waals surface area contributed by atoms with Crippen molar-refractivity contribution in [2.24, 2.45) is 0 Å². The second-order valence-electron chi connectivity index (χ2n) is 6.17. The molecule has 0 radical (unpaired) electrons. The highest BCUT2D eigenvalue weighted by Gasteiger charge is 2.17. The Kier molecular flexibility index (Phi) is 5.32. The van der Waals surface area contributed by atoms with Gasteiger partial charge in [-0.25, -0.2) is 0 Å². The molecule has 4 rings (SSSR count). The molecular formula is C21H17ClN4OS. The molecule has 2 aromatic heterocycles. The molecule has 2 aromatic carbocycles. The number of ketones is 1. The van der Waals surface area contributed by atoms with Gasteiger partial charge >= 0.3 is 0 Å². The number of hydrogen-bond acceptors (Lipinski definition) is 4. The number of carbonyl (C=O) groups excluding carboxylic acids is 1. The summed E-state index contributed by atoms with van der Waals surface area (Å²) in [4.78, 5) is 15.9. The molecule has 0 fully saturated rings. The van der Waals surface area contributed by atoms with E-state index in [0.717, 1.165) is 22.3 Å². The number of thioether (sulfide) groups is 1. The summed E-state index contributed by atoms with van der Waals surface area (Å²) in [6, 6.07) is 15.2. The molecular weight excluding hydrogens is 392 g/mol. The van der Waals surface area contributed by atoms with Crippen LogP contribution in [0.1, 0.15) is 10.4 Å². The molecule has 4 aromatic rings. The number of Topliss-reactive ketones (excluding diaryl/α,β-unsaturated/α-hetero) is 1. The molecule has 0 aliphatic heterocycles. The van der Waals surface area contributed by atoms with Gasteiger partial charge in [-0.15, -0.1) is 16.8 Å². The summed E-state index contributed by atoms with van der Waals surface area (Å²) >= 11 is 7.35. The second kappa shape index (κ2) is 8.04. The number of para-hydroxylation sites is 1. The third kappa shape index (κ3) is 3.61. The van der Waals surface area contributed by atoms with Crippen LogP contribution in [0, 0.1) is 0 Å². The smallest absolute Gasteiger partial charge is 0.192 e. The number of halogens is 1. The summed E-state index contributed by atoms with van der Waals surface area (Å²) < 4.78 is 1.95. The first-order valence-corrected chi connectivity index (χ1v) is 10.1. The topological polar surface area (TPSA) is 63.6 Å². The molecule has 0 spiro atoms. The highest BCUT2D eigenvalue weighted by Crippen LogP contribution is 2.27. The van der Waals surface area contributed by atoms with Crippen LogP contribution in [-0.4, -0.2) is 31.3 Å². The van der Waals surface area contributed by atoms with Crippen molar-refractivity contribution in [3.05, 3.63) is 78.0 Å². The van der Waals surface area contributed by atoms with E-state index in [1.165, 1.54) is 11.8 Å². The molecule has 140 valence electrons. The SMILES string of the molecule is C=CCn1c(SCC(=O)c2c[nH]c3ccccc23)nnc1-c1ccc(Cl)cc1. The quantitative estimate of drug-likeness (QED) is 0.258. The first-order chi connectivity index (χ1) is 13.7. The molecule has 0 aliphatic rings. The fraction of sp³-hybridized carbons (Fsp3) is 0.0952. The number of hydrogen-bond donors (Lipinski definition) is 1. The van der Waals surface area contributed by atoms with Gasteiger partial charge in [0.25, 0.3) is 0 Å². The van der Waals surface area contributed by atoms with Crippen molar-refractivity contribution in [1.29, 1.82) is 0 Å². The molecule has 28 heavy (non-hydrogen) atoms. The summed E-state index contributed by atoms with van der Waals surface area (Å²) in [6.07, 6.45) is 3.55. The van der Waals surface area contributed by atoms with Gasteiger partial charge in [0.2, 0.25) is 0 Å². The van der Waals surface area contributed by atoms with E-state index < -0.39 is 0 Å². The molecule has 0 aliphatic carbocycles. The van der Waals surface area contributed by atoms with Crippen LogP contribution in [0.15, 0.2) is 72.5 Å². The normalized spacial score (nSPS) is 11.0. The zero-order chi connectivity index (χ0) is 19.5. The van der Waals surface area contributed by atoms with E-state index in [0.29, 0.717) is 22.3 Å². The van der Waals surface area contributed by atoms with Crippen LogP contribution in [0.2, 0.25) is 5.02 Å². The minimum absolute atomic E-state index is 0.0450. The summed E-state index contributed by atoms with van der Waals surface area (Å²) in [6.45, 7) is 4.37. The Morgan fingerprint density at radius 1 is 1.18 bits per heavy atom. The first kappa shape index (κ1) is 18.5. The minimum atomic E-state index is 0.0450. The first-order valence-electron chi connectivity index (χ1n) is 8.69. The van der Waals surface area contributed by atoms with Crippen LogP contribution in [0.5, 0.6) is 0 Å². The minimum Gasteiger partial charge on any atom is -0.360 e. The Labute approximate surface area is 171 Å². The van der Waals surface area contributed by atoms with E-state index in [1.54, 1.807) is 12.3 Å². The third-order valence-electron chi connectivity index (χ3n) is 4.35. The maximum Gasteiger partial charge on any atom is 0.192 e. The lowest BCUT2D eigenvalue weighted by Gasteiger charge is -2.07. The van der Waals surface area contributed by atoms with Gasteiger partial charge in [0.15, 0.2) is 16.8 Å². The number of nitrogens with zero attached hydrogens (tertiary/aromatic N) is 3. The van der Waals surface area contributed by atoms with Crippen LogP contribution in [0.25, 0.3) is 22.3 Å². The van der Waals surface area contributed by atoms with E-state index >= 15 is 0 Å². The highest BCUT2D eigenvalue weighted by molar-refractivity contribution is 7.99. The number of carbonyl (C=O) groups is 1. The molecule has 0 saturated heterocycles. The van der Waals surface area contributed by atoms with Crippen molar-refractivity contribution in [3.8, 4) is 11.4 Å². The van der Waals surface area contributed by atoms with Crippen molar-refractivity contribution < 1.29 is 4.79 Å². The van der Waals surface area contributed by atoms with Crippen LogP contribution >= 0.6 is 23.4 Å². The summed E-state index contributed by atoms with van der Waals surface area (Å²) in [5, 5.41) is 10.9. The molecule has 0 unspecified atom stereocenters. The molecule has 0 bridgehead atoms. The summed E-state index contributed by atoms with van der Waals surface area (Å²) in [7, 11) is 0. The maximum atomic E-state index is 12.7. The van der Waals surface area contributed by atoms with Crippen molar-refractivity contribution in [2.45, 2.75) is 11.7 Å². The van der Waals surface area contributed by atoms with E-state index in [4.69, 9.17) is 11.6 Å². The number of aromatic amines is 1. The van der Waals surface area contributed by atoms with Gasteiger partial charge in [-0.1, -0.05) is 47.6 Å². The van der Waals surface area contributed by atoms with Gasteiger partial charge < -0.3 is 4.98 Å². The Bertz CT molecular complexity index is 1150. The van der Waals surface area contributed by atoms with Gasteiger partial charge in [0.1, 0.15) is 0 Å². The van der Waals surface area contributed by atoms with Crippen molar-refractivity contribution in [1.82, 2.24) is 19.7 Å². The molecule has 0 amide bonds. The van der Waals surface area contributed by atoms with Crippen LogP contribution in [0.3, 0.4) is 0 Å². The Hall–Kier alpha value is -2.83. The van der Waals surface area contributed by atoms with Gasteiger partial charge in [-0.05, 0) is 30.3 Å². The molecule has 2 heterocycles. The molecule has 7 heteroatoms. The molecule has 1 N–H and O–H groups in total. The summed E-state index contributed by atoms with van der Waals surface area (Å²) in [5.41, 5.74) is 2.56. The second-order valence-corrected chi connectivity index (χ2v) is 7.55. The van der Waals surface area contributed by atoms with Crippen LogP contribution in [0.4, 0.5) is 0 Å². The van der Waals surface area contributed by atoms with Crippen LogP contribution in [-0.2, 0) is 6.54 Å². The molecule has 0 saturated carbocycles. The van der Waals surface area contributed by atoms with Gasteiger partial charge in [0.05, 0.1) is 5.75 Å². The molecule has 5 nitrogen and oxygen atoms in total. The number of fused-ring (bicyclic) bond motifs is 1. The zero-order valence-corrected chi connectivity index (χ0v) is 16.5. The number of benzene rings is 2. The highest BCUT2D eigenvalue weighted by atomic mass is 35.5. The van der Waals surface area contributed by atoms with Gasteiger partial charge in [0, 0.05) is 39.8 Å². The van der Waals surface area contributed by atoms with Crippen molar-refractivity contribution in [3.63, 3.8) is 0 Å². The van der Waals surface area contributed by atoms with E-state index in [9.17, 15) is 4.79 Å². The number of H-pyrrole nitrogens is 1. The standard InChI is InChI=1S/C21H17ClN4OS/c1-2-11-26-20(14-7-9-15(22)10-8-14)24-25-21(26)28-13-19(27)17-12-23-18-6-4-3-5-16(17)18/h2-10,12,23H,1,11,13H2.